The Morgan fingerprint density at radius 2 is 1.81 bits per heavy atom. The summed E-state index contributed by atoms with van der Waals surface area (Å²) in [6.07, 6.45) is 0. The Kier molecular flexibility index (Phi) is 3.97. The molecule has 0 atom stereocenters. The summed E-state index contributed by atoms with van der Waals surface area (Å²) in [4.78, 5) is 0. The van der Waals surface area contributed by atoms with Crippen LogP contribution in [0.5, 0.6) is 0 Å². The van der Waals surface area contributed by atoms with Crippen LogP contribution in [0.2, 0.25) is 0 Å². The second kappa shape index (κ2) is 5.07. The van der Waals surface area contributed by atoms with Gasteiger partial charge in [-0.05, 0) is 30.7 Å². The minimum atomic E-state index is -3.58. The summed E-state index contributed by atoms with van der Waals surface area (Å²) in [6.45, 7) is 11.5. The zero-order chi connectivity index (χ0) is 16.1. The number of sulfonamides is 1. The van der Waals surface area contributed by atoms with Gasteiger partial charge in [0, 0.05) is 24.3 Å². The number of hydrogen-bond acceptors (Lipinski definition) is 4. The van der Waals surface area contributed by atoms with Crippen molar-refractivity contribution in [3.05, 3.63) is 11.3 Å². The fourth-order valence-electron chi connectivity index (χ4n) is 3.14. The van der Waals surface area contributed by atoms with Gasteiger partial charge in [-0.3, -0.25) is 5.10 Å². The van der Waals surface area contributed by atoms with Crippen molar-refractivity contribution in [3.63, 3.8) is 0 Å². The first-order valence-electron chi connectivity index (χ1n) is 7.24. The minimum absolute atomic E-state index is 0.102. The molecule has 0 saturated heterocycles. The summed E-state index contributed by atoms with van der Waals surface area (Å²) in [7, 11) is -1.80. The van der Waals surface area contributed by atoms with Gasteiger partial charge in [0.25, 0.3) is 10.0 Å². The fourth-order valence-corrected chi connectivity index (χ4v) is 4.38. The van der Waals surface area contributed by atoms with Crippen molar-refractivity contribution in [2.24, 2.45) is 16.7 Å². The molecule has 0 spiro atoms. The highest BCUT2D eigenvalue weighted by Crippen LogP contribution is 2.67. The number of aromatic nitrogens is 2. The SMILES string of the molecule is CNCc1c(S(=O)(=O)NCC2C(C)(C)C2(C)C)n[nH]c1C. The lowest BCUT2D eigenvalue weighted by Crippen LogP contribution is -2.29. The first-order chi connectivity index (χ1) is 9.55. The molecule has 1 fully saturated rings. The Morgan fingerprint density at radius 3 is 2.29 bits per heavy atom. The zero-order valence-electron chi connectivity index (χ0n) is 13.7. The smallest absolute Gasteiger partial charge is 0.260 e. The minimum Gasteiger partial charge on any atom is -0.316 e. The van der Waals surface area contributed by atoms with Crippen LogP contribution >= 0.6 is 0 Å². The lowest BCUT2D eigenvalue weighted by molar-refractivity contribution is 0.457. The van der Waals surface area contributed by atoms with Crippen molar-refractivity contribution in [1.29, 1.82) is 0 Å². The second-order valence-electron chi connectivity index (χ2n) is 7.01. The topological polar surface area (TPSA) is 86.9 Å². The van der Waals surface area contributed by atoms with Crippen LogP contribution in [-0.2, 0) is 16.6 Å². The van der Waals surface area contributed by atoms with Crippen molar-refractivity contribution in [3.8, 4) is 0 Å². The van der Waals surface area contributed by atoms with Crippen molar-refractivity contribution in [2.45, 2.75) is 46.2 Å². The van der Waals surface area contributed by atoms with Crippen molar-refractivity contribution >= 4 is 10.0 Å². The van der Waals surface area contributed by atoms with Gasteiger partial charge < -0.3 is 5.32 Å². The van der Waals surface area contributed by atoms with E-state index in [0.717, 1.165) is 5.69 Å². The van der Waals surface area contributed by atoms with E-state index in [1.807, 2.05) is 6.92 Å². The van der Waals surface area contributed by atoms with Gasteiger partial charge >= 0.3 is 0 Å². The monoisotopic (exact) mass is 314 g/mol. The Morgan fingerprint density at radius 1 is 1.24 bits per heavy atom. The molecule has 1 aromatic heterocycles. The van der Waals surface area contributed by atoms with Gasteiger partial charge in [-0.2, -0.15) is 5.10 Å². The van der Waals surface area contributed by atoms with Crippen LogP contribution in [-0.4, -0.2) is 32.2 Å². The molecule has 1 aromatic rings. The van der Waals surface area contributed by atoms with E-state index in [1.54, 1.807) is 7.05 Å². The molecule has 1 heterocycles. The summed E-state index contributed by atoms with van der Waals surface area (Å²) in [5.41, 5.74) is 1.78. The van der Waals surface area contributed by atoms with Gasteiger partial charge in [-0.1, -0.05) is 27.7 Å². The number of H-pyrrole nitrogens is 1. The van der Waals surface area contributed by atoms with Gasteiger partial charge in [0.2, 0.25) is 0 Å². The quantitative estimate of drug-likeness (QED) is 0.741. The lowest BCUT2D eigenvalue weighted by Gasteiger charge is -2.08. The molecule has 3 N–H and O–H groups in total. The number of rotatable bonds is 6. The molecular formula is C14H26N4O2S. The van der Waals surface area contributed by atoms with Crippen LogP contribution in [0.3, 0.4) is 0 Å². The number of nitrogens with zero attached hydrogens (tertiary/aromatic N) is 1. The largest absolute Gasteiger partial charge is 0.316 e. The summed E-state index contributed by atoms with van der Waals surface area (Å²) >= 11 is 0. The first kappa shape index (κ1) is 16.5. The van der Waals surface area contributed by atoms with E-state index < -0.39 is 10.0 Å². The molecule has 0 aliphatic heterocycles. The summed E-state index contributed by atoms with van der Waals surface area (Å²) in [5.74, 6) is 0.340. The summed E-state index contributed by atoms with van der Waals surface area (Å²) in [5, 5.41) is 9.79. The molecule has 1 aliphatic rings. The fraction of sp³-hybridized carbons (Fsp3) is 0.786. The molecule has 6 nitrogen and oxygen atoms in total. The number of nitrogens with one attached hydrogen (secondary N) is 3. The number of hydrogen-bond donors (Lipinski definition) is 3. The molecule has 2 rings (SSSR count). The zero-order valence-corrected chi connectivity index (χ0v) is 14.5. The number of aromatic amines is 1. The molecule has 7 heteroatoms. The van der Waals surface area contributed by atoms with Crippen LogP contribution in [0.1, 0.15) is 39.0 Å². The molecule has 0 radical (unpaired) electrons. The molecule has 1 aliphatic carbocycles. The highest BCUT2D eigenvalue weighted by Gasteiger charge is 2.64. The van der Waals surface area contributed by atoms with Crippen molar-refractivity contribution in [2.75, 3.05) is 13.6 Å². The summed E-state index contributed by atoms with van der Waals surface area (Å²) < 4.78 is 27.7. The van der Waals surface area contributed by atoms with E-state index >= 15 is 0 Å². The van der Waals surface area contributed by atoms with E-state index in [-0.39, 0.29) is 15.9 Å². The van der Waals surface area contributed by atoms with Crippen molar-refractivity contribution < 1.29 is 8.42 Å². The van der Waals surface area contributed by atoms with E-state index in [4.69, 9.17) is 0 Å². The first-order valence-corrected chi connectivity index (χ1v) is 8.72. The van der Waals surface area contributed by atoms with E-state index in [1.165, 1.54) is 0 Å². The van der Waals surface area contributed by atoms with Crippen LogP contribution in [0.25, 0.3) is 0 Å². The molecule has 0 amide bonds. The maximum absolute atomic E-state index is 12.5. The third-order valence-corrected chi connectivity index (χ3v) is 6.83. The van der Waals surface area contributed by atoms with Crippen molar-refractivity contribution in [1.82, 2.24) is 20.2 Å². The van der Waals surface area contributed by atoms with E-state index in [2.05, 4.69) is 47.9 Å². The third-order valence-electron chi connectivity index (χ3n) is 5.44. The van der Waals surface area contributed by atoms with Gasteiger partial charge in [0.15, 0.2) is 5.03 Å². The molecule has 0 bridgehead atoms. The third kappa shape index (κ3) is 2.62. The molecule has 1 saturated carbocycles. The maximum atomic E-state index is 12.5. The normalized spacial score (nSPS) is 20.7. The van der Waals surface area contributed by atoms with Gasteiger partial charge in [0.1, 0.15) is 0 Å². The highest BCUT2D eigenvalue weighted by atomic mass is 32.2. The Labute approximate surface area is 127 Å². The Balaban J connectivity index is 2.14. The standard InChI is InChI=1S/C14H26N4O2S/c1-9-10(7-15-6)12(18-17-9)21(19,20)16-8-11-13(2,3)14(11,4)5/h11,15-16H,7-8H2,1-6H3,(H,17,18). The maximum Gasteiger partial charge on any atom is 0.260 e. The summed E-state index contributed by atoms with van der Waals surface area (Å²) in [6, 6.07) is 0. The average molecular weight is 314 g/mol. The molecule has 21 heavy (non-hydrogen) atoms. The predicted octanol–water partition coefficient (Wildman–Crippen LogP) is 1.40. The van der Waals surface area contributed by atoms with Crippen LogP contribution in [0.4, 0.5) is 0 Å². The van der Waals surface area contributed by atoms with Gasteiger partial charge in [-0.25, -0.2) is 13.1 Å². The second-order valence-corrected chi connectivity index (χ2v) is 8.69. The predicted molar refractivity (Wildman–Crippen MR) is 82.3 cm³/mol. The van der Waals surface area contributed by atoms with Crippen LogP contribution in [0.15, 0.2) is 5.03 Å². The Hall–Kier alpha value is -0.920. The molecule has 0 aromatic carbocycles. The number of aryl methyl sites for hydroxylation is 1. The molecule has 120 valence electrons. The lowest BCUT2D eigenvalue weighted by atomic mass is 10.0. The van der Waals surface area contributed by atoms with Gasteiger partial charge in [-0.15, -0.1) is 0 Å². The van der Waals surface area contributed by atoms with Crippen LogP contribution < -0.4 is 10.0 Å². The highest BCUT2D eigenvalue weighted by molar-refractivity contribution is 7.89. The Bertz CT molecular complexity index is 617. The average Bonchev–Trinajstić information content (AvgIpc) is 2.63. The molecule has 0 unspecified atom stereocenters. The van der Waals surface area contributed by atoms with Gasteiger partial charge in [0.05, 0.1) is 0 Å². The van der Waals surface area contributed by atoms with Crippen LogP contribution in [0, 0.1) is 23.7 Å². The van der Waals surface area contributed by atoms with E-state index in [0.29, 0.717) is 24.6 Å². The molecular weight excluding hydrogens is 288 g/mol. The van der Waals surface area contributed by atoms with E-state index in [9.17, 15) is 8.42 Å².